The Morgan fingerprint density at radius 3 is 2.39 bits per heavy atom. The topological polar surface area (TPSA) is 33.5 Å². The van der Waals surface area contributed by atoms with Crippen LogP contribution in [0.2, 0.25) is 0 Å². The molecule has 0 spiro atoms. The van der Waals surface area contributed by atoms with Gasteiger partial charge in [0.1, 0.15) is 17.3 Å². The van der Waals surface area contributed by atoms with Crippen molar-refractivity contribution >= 4 is 27.5 Å². The van der Waals surface area contributed by atoms with E-state index in [1.165, 1.54) is 16.3 Å². The van der Waals surface area contributed by atoms with Gasteiger partial charge in [-0.15, -0.1) is 0 Å². The summed E-state index contributed by atoms with van der Waals surface area (Å²) < 4.78 is 8.62. The molecule has 3 heterocycles. The van der Waals surface area contributed by atoms with Crippen molar-refractivity contribution in [2.24, 2.45) is 0 Å². The average molecular weight is 475 g/mol. The summed E-state index contributed by atoms with van der Waals surface area (Å²) >= 11 is 0. The summed E-state index contributed by atoms with van der Waals surface area (Å²) in [5.41, 5.74) is 4.60. The Balaban J connectivity index is 1.44. The van der Waals surface area contributed by atoms with Crippen LogP contribution in [0.4, 0.5) is 5.69 Å². The number of hydrogen-bond acceptors (Lipinski definition) is 4. The first-order valence-electron chi connectivity index (χ1n) is 12.3. The number of ether oxygens (including phenoxy) is 1. The Bertz CT molecular complexity index is 1610. The monoisotopic (exact) mass is 474 g/mol. The molecule has 0 amide bonds. The maximum atomic E-state index is 6.38. The molecule has 1 aliphatic rings. The number of benzene rings is 3. The van der Waals surface area contributed by atoms with E-state index in [0.717, 1.165) is 40.7 Å². The molecule has 1 aliphatic heterocycles. The second kappa shape index (κ2) is 8.45. The number of nitrogens with zero attached hydrogens (tertiary/aromatic N) is 4. The van der Waals surface area contributed by atoms with E-state index in [2.05, 4.69) is 115 Å². The normalized spacial score (nSPS) is 13.8. The molecule has 5 aromatic rings. The van der Waals surface area contributed by atoms with Crippen molar-refractivity contribution in [3.05, 3.63) is 103 Å². The van der Waals surface area contributed by atoms with Gasteiger partial charge in [0.15, 0.2) is 0 Å². The first kappa shape index (κ1) is 22.2. The minimum absolute atomic E-state index is 0.0368. The molecule has 36 heavy (non-hydrogen) atoms. The van der Waals surface area contributed by atoms with Gasteiger partial charge in [0, 0.05) is 54.2 Å². The lowest BCUT2D eigenvalue weighted by molar-refractivity contribution is 0.481. The summed E-state index contributed by atoms with van der Waals surface area (Å²) in [5, 5.41) is 2.38. The molecule has 0 bridgehead atoms. The molecule has 3 aromatic carbocycles. The molecule has 0 aliphatic carbocycles. The molecule has 180 valence electrons. The summed E-state index contributed by atoms with van der Waals surface area (Å²) in [6.07, 6.45) is 6.07. The molecule has 0 fully saturated rings. The Morgan fingerprint density at radius 1 is 0.778 bits per heavy atom. The fraction of sp³-hybridized carbons (Fsp3) is 0.194. The van der Waals surface area contributed by atoms with Gasteiger partial charge in [0.25, 0.3) is 0 Å². The van der Waals surface area contributed by atoms with Gasteiger partial charge in [0.05, 0.1) is 17.7 Å². The van der Waals surface area contributed by atoms with Crippen LogP contribution in [0.1, 0.15) is 26.3 Å². The number of para-hydroxylation sites is 1. The molecule has 0 radical (unpaired) electrons. The first-order chi connectivity index (χ1) is 17.4. The van der Waals surface area contributed by atoms with Crippen molar-refractivity contribution in [2.45, 2.75) is 26.2 Å². The van der Waals surface area contributed by atoms with Gasteiger partial charge in [-0.25, -0.2) is 4.98 Å². The standard InChI is InChI=1S/C31H30N4O/c1-31(2,3)22-14-15-32-30(18-22)35-28-11-6-5-10-26(28)27-13-12-25(20-29(27)35)36-24-9-7-8-23(19-24)34-17-16-33(4)21-34/h5-20H,21H2,1-4H3. The average Bonchev–Trinajstić information content (AvgIpc) is 3.45. The predicted octanol–water partition coefficient (Wildman–Crippen LogP) is 7.45. The molecule has 6 rings (SSSR count). The maximum Gasteiger partial charge on any atom is 0.137 e. The lowest BCUT2D eigenvalue weighted by atomic mass is 9.88. The molecule has 0 saturated heterocycles. The van der Waals surface area contributed by atoms with Crippen LogP contribution in [-0.2, 0) is 5.41 Å². The van der Waals surface area contributed by atoms with E-state index in [1.54, 1.807) is 0 Å². The zero-order chi connectivity index (χ0) is 24.9. The van der Waals surface area contributed by atoms with Crippen LogP contribution in [0.3, 0.4) is 0 Å². The van der Waals surface area contributed by atoms with Gasteiger partial charge in [-0.3, -0.25) is 4.57 Å². The number of fused-ring (bicyclic) bond motifs is 3. The minimum atomic E-state index is 0.0368. The fourth-order valence-electron chi connectivity index (χ4n) is 4.83. The van der Waals surface area contributed by atoms with Gasteiger partial charge >= 0.3 is 0 Å². The summed E-state index contributed by atoms with van der Waals surface area (Å²) in [4.78, 5) is 9.12. The Labute approximate surface area is 211 Å². The highest BCUT2D eigenvalue weighted by molar-refractivity contribution is 6.09. The molecule has 2 aromatic heterocycles. The third kappa shape index (κ3) is 3.97. The highest BCUT2D eigenvalue weighted by Gasteiger charge is 2.18. The largest absolute Gasteiger partial charge is 0.457 e. The van der Waals surface area contributed by atoms with Crippen LogP contribution in [0, 0.1) is 0 Å². The van der Waals surface area contributed by atoms with Gasteiger partial charge in [-0.1, -0.05) is 45.0 Å². The van der Waals surface area contributed by atoms with Gasteiger partial charge in [-0.2, -0.15) is 0 Å². The molecule has 0 saturated carbocycles. The van der Waals surface area contributed by atoms with Crippen LogP contribution in [0.5, 0.6) is 11.5 Å². The second-order valence-corrected chi connectivity index (χ2v) is 10.4. The number of anilines is 1. The van der Waals surface area contributed by atoms with Crippen molar-refractivity contribution < 1.29 is 4.74 Å². The Morgan fingerprint density at radius 2 is 1.58 bits per heavy atom. The van der Waals surface area contributed by atoms with Crippen LogP contribution >= 0.6 is 0 Å². The van der Waals surface area contributed by atoms with Crippen molar-refractivity contribution in [3.8, 4) is 17.3 Å². The Kier molecular flexibility index (Phi) is 5.22. The molecule has 5 heteroatoms. The molecule has 0 atom stereocenters. The summed E-state index contributed by atoms with van der Waals surface area (Å²) in [7, 11) is 2.07. The molecular formula is C31H30N4O. The first-order valence-corrected chi connectivity index (χ1v) is 12.3. The highest BCUT2D eigenvalue weighted by atomic mass is 16.5. The minimum Gasteiger partial charge on any atom is -0.457 e. The van der Waals surface area contributed by atoms with Crippen LogP contribution < -0.4 is 9.64 Å². The summed E-state index contributed by atoms with van der Waals surface area (Å²) in [6, 6.07) is 27.3. The summed E-state index contributed by atoms with van der Waals surface area (Å²) in [6.45, 7) is 7.52. The van der Waals surface area contributed by atoms with E-state index in [9.17, 15) is 0 Å². The zero-order valence-corrected chi connectivity index (χ0v) is 21.1. The van der Waals surface area contributed by atoms with Crippen molar-refractivity contribution in [1.29, 1.82) is 0 Å². The molecule has 5 nitrogen and oxygen atoms in total. The number of rotatable bonds is 4. The fourth-order valence-corrected chi connectivity index (χ4v) is 4.83. The predicted molar refractivity (Wildman–Crippen MR) is 148 cm³/mol. The second-order valence-electron chi connectivity index (χ2n) is 10.4. The van der Waals surface area contributed by atoms with Crippen molar-refractivity contribution in [2.75, 3.05) is 18.6 Å². The van der Waals surface area contributed by atoms with Gasteiger partial charge < -0.3 is 14.5 Å². The third-order valence-electron chi connectivity index (χ3n) is 6.75. The lowest BCUT2D eigenvalue weighted by Crippen LogP contribution is -2.21. The van der Waals surface area contributed by atoms with E-state index in [0.29, 0.717) is 0 Å². The third-order valence-corrected chi connectivity index (χ3v) is 6.75. The maximum absolute atomic E-state index is 6.38. The Hall–Kier alpha value is -4.25. The van der Waals surface area contributed by atoms with E-state index in [-0.39, 0.29) is 5.41 Å². The van der Waals surface area contributed by atoms with E-state index in [1.807, 2.05) is 24.4 Å². The van der Waals surface area contributed by atoms with Crippen LogP contribution in [0.25, 0.3) is 27.6 Å². The number of pyridine rings is 1. The van der Waals surface area contributed by atoms with E-state index >= 15 is 0 Å². The zero-order valence-electron chi connectivity index (χ0n) is 21.1. The highest BCUT2D eigenvalue weighted by Crippen LogP contribution is 2.36. The molecule has 0 unspecified atom stereocenters. The van der Waals surface area contributed by atoms with Gasteiger partial charge in [0.2, 0.25) is 0 Å². The van der Waals surface area contributed by atoms with E-state index < -0.39 is 0 Å². The molecular weight excluding hydrogens is 444 g/mol. The smallest absolute Gasteiger partial charge is 0.137 e. The van der Waals surface area contributed by atoms with Crippen LogP contribution in [-0.4, -0.2) is 28.2 Å². The van der Waals surface area contributed by atoms with Crippen molar-refractivity contribution in [1.82, 2.24) is 14.5 Å². The number of hydrogen-bond donors (Lipinski definition) is 0. The SMILES string of the molecule is CN1C=CN(c2cccc(Oc3ccc4c5ccccc5n(-c5cc(C(C)(C)C)ccn5)c4c3)c2)C1. The van der Waals surface area contributed by atoms with Gasteiger partial charge in [-0.05, 0) is 53.4 Å². The van der Waals surface area contributed by atoms with Crippen LogP contribution in [0.15, 0.2) is 97.5 Å². The van der Waals surface area contributed by atoms with Crippen molar-refractivity contribution in [3.63, 3.8) is 0 Å². The number of aromatic nitrogens is 2. The quantitative estimate of drug-likeness (QED) is 0.271. The summed E-state index contributed by atoms with van der Waals surface area (Å²) in [5.74, 6) is 2.52. The van der Waals surface area contributed by atoms with E-state index in [4.69, 9.17) is 9.72 Å². The molecule has 0 N–H and O–H groups in total. The lowest BCUT2D eigenvalue weighted by Gasteiger charge is -2.20.